The number of nitrogen functional groups attached to an aromatic ring is 1. The summed E-state index contributed by atoms with van der Waals surface area (Å²) in [6, 6.07) is 7.57. The Bertz CT molecular complexity index is 631. The normalized spacial score (nSPS) is 15.3. The summed E-state index contributed by atoms with van der Waals surface area (Å²) in [6.45, 7) is 2.85. The van der Waals surface area contributed by atoms with Crippen LogP contribution < -0.4 is 11.1 Å². The van der Waals surface area contributed by atoms with E-state index in [1.807, 2.05) is 49.4 Å². The van der Waals surface area contributed by atoms with E-state index in [-0.39, 0.29) is 0 Å². The van der Waals surface area contributed by atoms with Gasteiger partial charge in [-0.25, -0.2) is 4.99 Å². The molecular formula is C17H21N3O2. The van der Waals surface area contributed by atoms with Crippen molar-refractivity contribution in [1.29, 1.82) is 0 Å². The quantitative estimate of drug-likeness (QED) is 0.648. The van der Waals surface area contributed by atoms with Crippen LogP contribution in [0.5, 0.6) is 0 Å². The van der Waals surface area contributed by atoms with Gasteiger partial charge in [-0.2, -0.15) is 0 Å². The number of ether oxygens (including phenoxy) is 2. The molecule has 0 spiro atoms. The van der Waals surface area contributed by atoms with Crippen molar-refractivity contribution in [1.82, 2.24) is 5.32 Å². The van der Waals surface area contributed by atoms with Gasteiger partial charge in [0, 0.05) is 24.1 Å². The Kier molecular flexibility index (Phi) is 5.80. The van der Waals surface area contributed by atoms with Gasteiger partial charge in [-0.1, -0.05) is 18.2 Å². The molecule has 0 bridgehead atoms. The van der Waals surface area contributed by atoms with Crippen molar-refractivity contribution in [2.45, 2.75) is 6.92 Å². The summed E-state index contributed by atoms with van der Waals surface area (Å²) >= 11 is 0. The zero-order chi connectivity index (χ0) is 15.8. The molecule has 0 aliphatic carbocycles. The molecule has 22 heavy (non-hydrogen) atoms. The van der Waals surface area contributed by atoms with Gasteiger partial charge in [0.1, 0.15) is 18.2 Å². The molecule has 5 heteroatoms. The average molecular weight is 299 g/mol. The van der Waals surface area contributed by atoms with Crippen molar-refractivity contribution in [3.63, 3.8) is 0 Å². The SMILES string of the molecule is C/C=C\C(=C/COC)NC1=NC=C(c2ccccc2N)OC1. The minimum atomic E-state index is 0.363. The zero-order valence-corrected chi connectivity index (χ0v) is 12.9. The molecule has 1 aromatic carbocycles. The van der Waals surface area contributed by atoms with Crippen LogP contribution in [0, 0.1) is 0 Å². The second kappa shape index (κ2) is 8.05. The van der Waals surface area contributed by atoms with E-state index in [4.69, 9.17) is 15.2 Å². The minimum Gasteiger partial charge on any atom is -0.483 e. The lowest BCUT2D eigenvalue weighted by atomic mass is 10.1. The molecule has 5 nitrogen and oxygen atoms in total. The minimum absolute atomic E-state index is 0.363. The number of benzene rings is 1. The van der Waals surface area contributed by atoms with Crippen LogP contribution in [0.4, 0.5) is 5.69 Å². The number of nitrogens with zero attached hydrogens (tertiary/aromatic N) is 1. The fourth-order valence-electron chi connectivity index (χ4n) is 1.97. The van der Waals surface area contributed by atoms with E-state index in [9.17, 15) is 0 Å². The van der Waals surface area contributed by atoms with Gasteiger partial charge >= 0.3 is 0 Å². The highest BCUT2D eigenvalue weighted by atomic mass is 16.5. The lowest BCUT2D eigenvalue weighted by Crippen LogP contribution is -2.28. The number of allylic oxidation sites excluding steroid dienone is 2. The van der Waals surface area contributed by atoms with Crippen LogP contribution >= 0.6 is 0 Å². The number of aliphatic imine (C=N–C) groups is 1. The Balaban J connectivity index is 2.11. The molecule has 2 rings (SSSR count). The Hall–Kier alpha value is -2.53. The van der Waals surface area contributed by atoms with Gasteiger partial charge in [-0.15, -0.1) is 0 Å². The molecule has 0 amide bonds. The van der Waals surface area contributed by atoms with Gasteiger partial charge in [0.15, 0.2) is 0 Å². The molecule has 1 aliphatic heterocycles. The van der Waals surface area contributed by atoms with Crippen LogP contribution in [-0.2, 0) is 9.47 Å². The smallest absolute Gasteiger partial charge is 0.147 e. The monoisotopic (exact) mass is 299 g/mol. The van der Waals surface area contributed by atoms with E-state index in [1.54, 1.807) is 13.3 Å². The first kappa shape index (κ1) is 15.9. The highest BCUT2D eigenvalue weighted by molar-refractivity contribution is 5.89. The molecule has 0 saturated heterocycles. The van der Waals surface area contributed by atoms with E-state index in [0.717, 1.165) is 17.1 Å². The largest absolute Gasteiger partial charge is 0.483 e. The summed E-state index contributed by atoms with van der Waals surface area (Å²) in [7, 11) is 1.66. The molecule has 1 heterocycles. The molecule has 0 saturated carbocycles. The lowest BCUT2D eigenvalue weighted by Gasteiger charge is -2.18. The molecule has 3 N–H and O–H groups in total. The van der Waals surface area contributed by atoms with Crippen LogP contribution in [0.25, 0.3) is 5.76 Å². The molecule has 116 valence electrons. The number of rotatable bonds is 5. The lowest BCUT2D eigenvalue weighted by molar-refractivity contribution is 0.233. The first-order valence-corrected chi connectivity index (χ1v) is 7.08. The van der Waals surface area contributed by atoms with Crippen molar-refractivity contribution >= 4 is 17.3 Å². The number of amidine groups is 1. The van der Waals surface area contributed by atoms with E-state index in [0.29, 0.717) is 24.7 Å². The summed E-state index contributed by atoms with van der Waals surface area (Å²) in [5, 5.41) is 3.22. The molecule has 0 unspecified atom stereocenters. The predicted octanol–water partition coefficient (Wildman–Crippen LogP) is 2.69. The summed E-state index contributed by atoms with van der Waals surface area (Å²) < 4.78 is 10.8. The summed E-state index contributed by atoms with van der Waals surface area (Å²) in [5.74, 6) is 1.41. The third-order valence-corrected chi connectivity index (χ3v) is 3.03. The number of nitrogens with one attached hydrogen (secondary N) is 1. The maximum atomic E-state index is 5.94. The first-order chi connectivity index (χ1) is 10.7. The third-order valence-electron chi connectivity index (χ3n) is 3.03. The maximum absolute atomic E-state index is 5.94. The Morgan fingerprint density at radius 1 is 1.45 bits per heavy atom. The van der Waals surface area contributed by atoms with Gasteiger partial charge in [0.2, 0.25) is 0 Å². The molecular weight excluding hydrogens is 278 g/mol. The van der Waals surface area contributed by atoms with Gasteiger partial charge in [0.25, 0.3) is 0 Å². The Labute approximate surface area is 130 Å². The first-order valence-electron chi connectivity index (χ1n) is 7.08. The van der Waals surface area contributed by atoms with Crippen LogP contribution in [0.15, 0.2) is 59.4 Å². The number of hydrogen-bond acceptors (Lipinski definition) is 5. The zero-order valence-electron chi connectivity index (χ0n) is 12.9. The standard InChI is InChI=1S/C17H21N3O2/c1-3-6-13(9-10-21-2)20-17-12-22-16(11-19-17)14-7-4-5-8-15(14)18/h3-9,11H,10,12,18H2,1-2H3,(H,19,20)/b6-3-,13-9+. The number of methoxy groups -OCH3 is 1. The average Bonchev–Trinajstić information content (AvgIpc) is 2.54. The fraction of sp³-hybridized carbons (Fsp3) is 0.235. The van der Waals surface area contributed by atoms with Gasteiger partial charge in [-0.3, -0.25) is 0 Å². The van der Waals surface area contributed by atoms with E-state index in [1.165, 1.54) is 0 Å². The predicted molar refractivity (Wildman–Crippen MR) is 90.1 cm³/mol. The molecule has 1 aromatic rings. The summed E-state index contributed by atoms with van der Waals surface area (Å²) in [6.07, 6.45) is 7.53. The fourth-order valence-corrected chi connectivity index (χ4v) is 1.97. The molecule has 1 aliphatic rings. The van der Waals surface area contributed by atoms with E-state index >= 15 is 0 Å². The number of nitrogens with two attached hydrogens (primary N) is 1. The number of hydrogen-bond donors (Lipinski definition) is 2. The van der Waals surface area contributed by atoms with Crippen LogP contribution in [0.3, 0.4) is 0 Å². The van der Waals surface area contributed by atoms with Crippen LogP contribution in [0.1, 0.15) is 12.5 Å². The third kappa shape index (κ3) is 4.23. The van der Waals surface area contributed by atoms with Gasteiger partial charge in [-0.05, 0) is 31.2 Å². The van der Waals surface area contributed by atoms with Gasteiger partial charge < -0.3 is 20.5 Å². The Morgan fingerprint density at radius 3 is 2.91 bits per heavy atom. The molecule has 0 atom stereocenters. The number of para-hydroxylation sites is 1. The highest BCUT2D eigenvalue weighted by Crippen LogP contribution is 2.23. The highest BCUT2D eigenvalue weighted by Gasteiger charge is 2.12. The summed E-state index contributed by atoms with van der Waals surface area (Å²) in [4.78, 5) is 4.41. The number of anilines is 1. The van der Waals surface area contributed by atoms with E-state index in [2.05, 4.69) is 10.3 Å². The van der Waals surface area contributed by atoms with Crippen LogP contribution in [0.2, 0.25) is 0 Å². The van der Waals surface area contributed by atoms with E-state index < -0.39 is 0 Å². The molecule has 0 fully saturated rings. The topological polar surface area (TPSA) is 68.9 Å². The van der Waals surface area contributed by atoms with Crippen molar-refractivity contribution in [3.8, 4) is 0 Å². The maximum Gasteiger partial charge on any atom is 0.147 e. The van der Waals surface area contributed by atoms with Gasteiger partial charge in [0.05, 0.1) is 12.8 Å². The summed E-state index contributed by atoms with van der Waals surface area (Å²) in [5.41, 5.74) is 8.39. The van der Waals surface area contributed by atoms with Crippen molar-refractivity contribution in [2.75, 3.05) is 26.1 Å². The molecule has 0 radical (unpaired) electrons. The van der Waals surface area contributed by atoms with Crippen molar-refractivity contribution in [3.05, 3.63) is 60.0 Å². The van der Waals surface area contributed by atoms with Crippen molar-refractivity contribution < 1.29 is 9.47 Å². The molecule has 0 aromatic heterocycles. The van der Waals surface area contributed by atoms with Crippen LogP contribution in [-0.4, -0.2) is 26.2 Å². The van der Waals surface area contributed by atoms with Crippen molar-refractivity contribution in [2.24, 2.45) is 4.99 Å². The second-order valence-corrected chi connectivity index (χ2v) is 4.68. The second-order valence-electron chi connectivity index (χ2n) is 4.68. The Morgan fingerprint density at radius 2 is 2.27 bits per heavy atom.